The Bertz CT molecular complexity index is 654. The minimum Gasteiger partial charge on any atom is -0.508 e. The van der Waals surface area contributed by atoms with Crippen LogP contribution in [0.25, 0.3) is 0 Å². The van der Waals surface area contributed by atoms with E-state index >= 15 is 0 Å². The van der Waals surface area contributed by atoms with Crippen LogP contribution in [0.5, 0.6) is 5.75 Å². The molecule has 0 bridgehead atoms. The Morgan fingerprint density at radius 1 is 0.711 bits per heavy atom. The van der Waals surface area contributed by atoms with Gasteiger partial charge in [0.25, 0.3) is 0 Å². The van der Waals surface area contributed by atoms with Crippen molar-refractivity contribution in [3.05, 3.63) is 29.8 Å². The number of aromatic hydroxyl groups is 1. The Morgan fingerprint density at radius 3 is 1.47 bits per heavy atom. The molecule has 0 aliphatic carbocycles. The Balaban J connectivity index is -0.000000528. The first kappa shape index (κ1) is 41.1. The maximum Gasteiger partial charge on any atom is 0.394 e. The normalized spacial score (nSPS) is 10.4. The number of nitrogens with two attached hydrogens (primary N) is 2. The minimum absolute atomic E-state index is 0.0833. The van der Waals surface area contributed by atoms with Gasteiger partial charge < -0.3 is 36.3 Å². The van der Waals surface area contributed by atoms with Crippen LogP contribution in [0.4, 0.5) is 0 Å². The van der Waals surface area contributed by atoms with Gasteiger partial charge in [-0.15, -0.1) is 0 Å². The van der Waals surface area contributed by atoms with Crippen molar-refractivity contribution in [1.29, 1.82) is 0 Å². The lowest BCUT2D eigenvalue weighted by Gasteiger charge is -2.04. The van der Waals surface area contributed by atoms with Crippen LogP contribution in [0.1, 0.15) is 76.7 Å². The van der Waals surface area contributed by atoms with Gasteiger partial charge in [-0.25, -0.2) is 0 Å². The lowest BCUT2D eigenvalue weighted by Crippen LogP contribution is -2.10. The molecule has 11 nitrogen and oxygen atoms in total. The van der Waals surface area contributed by atoms with E-state index in [9.17, 15) is 5.11 Å². The average Bonchev–Trinajstić information content (AvgIpc) is 2.87. The average molecular weight is 571 g/mol. The Morgan fingerprint density at radius 2 is 1.11 bits per heavy atom. The first-order valence-corrected chi connectivity index (χ1v) is 14.8. The van der Waals surface area contributed by atoms with Crippen LogP contribution < -0.4 is 11.5 Å². The molecule has 0 fully saturated rings. The summed E-state index contributed by atoms with van der Waals surface area (Å²) in [5.41, 5.74) is 11.2. The molecule has 0 aromatic heterocycles. The summed E-state index contributed by atoms with van der Waals surface area (Å²) in [7, 11) is -4.67. The van der Waals surface area contributed by atoms with Gasteiger partial charge in [-0.1, -0.05) is 82.9 Å². The summed E-state index contributed by atoms with van der Waals surface area (Å²) in [6.45, 7) is 5.38. The highest BCUT2D eigenvalue weighted by atomic mass is 32.3. The van der Waals surface area contributed by atoms with Gasteiger partial charge in [0.05, 0.1) is 39.6 Å². The first-order valence-electron chi connectivity index (χ1n) is 13.4. The standard InChI is InChI=1S/C18H30O.2C4H11NO2.H2O4S/c1-2-3-4-5-6-7-8-9-10-11-14-17-15-12-13-16-18(17)19;2*5-1-3-7-4-2-6;1-5(2,3)4/h12-13,15-16,19H,2-11,14H2,1H3;2*6H,1-5H2;(H2,1,2,3,4). The smallest absolute Gasteiger partial charge is 0.394 e. The number of aliphatic hydroxyl groups excluding tert-OH is 2. The monoisotopic (exact) mass is 570 g/mol. The van der Waals surface area contributed by atoms with Gasteiger partial charge in [-0.3, -0.25) is 9.11 Å². The lowest BCUT2D eigenvalue weighted by atomic mass is 10.0. The highest BCUT2D eigenvalue weighted by Gasteiger charge is 1.99. The number of rotatable bonds is 19. The topological polar surface area (TPSA) is 206 Å². The molecule has 38 heavy (non-hydrogen) atoms. The van der Waals surface area contributed by atoms with Gasteiger partial charge in [0, 0.05) is 13.1 Å². The van der Waals surface area contributed by atoms with Crippen molar-refractivity contribution < 1.29 is 42.3 Å². The molecule has 228 valence electrons. The SMILES string of the molecule is CCCCCCCCCCCCc1ccccc1O.NCCOCCO.NCCOCCO.O=S(=O)(O)O. The van der Waals surface area contributed by atoms with Crippen molar-refractivity contribution in [2.24, 2.45) is 11.5 Å². The zero-order valence-corrected chi connectivity index (χ0v) is 24.0. The van der Waals surface area contributed by atoms with Crippen LogP contribution in [-0.4, -0.2) is 85.6 Å². The van der Waals surface area contributed by atoms with E-state index in [4.69, 9.17) is 48.7 Å². The van der Waals surface area contributed by atoms with Crippen molar-refractivity contribution in [1.82, 2.24) is 0 Å². The van der Waals surface area contributed by atoms with Crippen molar-refractivity contribution in [2.75, 3.05) is 52.7 Å². The summed E-state index contributed by atoms with van der Waals surface area (Å²) >= 11 is 0. The molecule has 0 unspecified atom stereocenters. The molecule has 1 aromatic rings. The molecule has 0 spiro atoms. The van der Waals surface area contributed by atoms with Gasteiger partial charge in [0.1, 0.15) is 5.75 Å². The number of aliphatic hydroxyl groups is 2. The largest absolute Gasteiger partial charge is 0.508 e. The summed E-state index contributed by atoms with van der Waals surface area (Å²) in [5, 5.41) is 25.9. The molecule has 1 rings (SSSR count). The number of phenolic OH excluding ortho intramolecular Hbond substituents is 1. The minimum atomic E-state index is -4.67. The molecule has 0 saturated carbocycles. The fourth-order valence-electron chi connectivity index (χ4n) is 3.03. The maximum absolute atomic E-state index is 9.65. The summed E-state index contributed by atoms with van der Waals surface area (Å²) in [5.74, 6) is 0.457. The van der Waals surface area contributed by atoms with Crippen molar-refractivity contribution >= 4 is 10.4 Å². The van der Waals surface area contributed by atoms with Crippen LogP contribution in [0, 0.1) is 0 Å². The number of ether oxygens (including phenoxy) is 2. The fourth-order valence-corrected chi connectivity index (χ4v) is 3.03. The van der Waals surface area contributed by atoms with Gasteiger partial charge in [-0.05, 0) is 24.5 Å². The molecular formula is C26H54N2O9S. The van der Waals surface area contributed by atoms with E-state index in [1.54, 1.807) is 6.07 Å². The molecular weight excluding hydrogens is 516 g/mol. The van der Waals surface area contributed by atoms with Crippen LogP contribution in [-0.2, 0) is 26.3 Å². The molecule has 0 saturated heterocycles. The zero-order chi connectivity index (χ0) is 29.3. The second kappa shape index (κ2) is 33.7. The third-order valence-corrected chi connectivity index (χ3v) is 4.79. The molecule has 0 amide bonds. The van der Waals surface area contributed by atoms with Crippen LogP contribution in [0.15, 0.2) is 24.3 Å². The van der Waals surface area contributed by atoms with Gasteiger partial charge in [-0.2, -0.15) is 8.42 Å². The quantitative estimate of drug-likeness (QED) is 0.0950. The predicted molar refractivity (Wildman–Crippen MR) is 152 cm³/mol. The van der Waals surface area contributed by atoms with Crippen molar-refractivity contribution in [3.63, 3.8) is 0 Å². The molecule has 1 aromatic carbocycles. The van der Waals surface area contributed by atoms with Crippen molar-refractivity contribution in [3.8, 4) is 5.75 Å². The Hall–Kier alpha value is -1.35. The van der Waals surface area contributed by atoms with Gasteiger partial charge >= 0.3 is 10.4 Å². The molecule has 0 atom stereocenters. The summed E-state index contributed by atoms with van der Waals surface area (Å²) in [6.07, 6.45) is 14.6. The highest BCUT2D eigenvalue weighted by molar-refractivity contribution is 7.79. The van der Waals surface area contributed by atoms with Crippen LogP contribution in [0.3, 0.4) is 0 Å². The second-order valence-corrected chi connectivity index (χ2v) is 9.15. The molecule has 9 N–H and O–H groups in total. The number of para-hydroxylation sites is 1. The first-order chi connectivity index (χ1) is 18.2. The van der Waals surface area contributed by atoms with Crippen LogP contribution in [0.2, 0.25) is 0 Å². The van der Waals surface area contributed by atoms with E-state index in [0.29, 0.717) is 45.3 Å². The number of hydrogen-bond donors (Lipinski definition) is 7. The predicted octanol–water partition coefficient (Wildman–Crippen LogP) is 3.11. The molecule has 0 aliphatic rings. The maximum atomic E-state index is 9.65. The van der Waals surface area contributed by atoms with Gasteiger partial charge in [0.15, 0.2) is 0 Å². The summed E-state index contributed by atoms with van der Waals surface area (Å²) < 4.78 is 41.1. The van der Waals surface area contributed by atoms with E-state index in [1.807, 2.05) is 18.2 Å². The molecule has 0 radical (unpaired) electrons. The number of aryl methyl sites for hydroxylation is 1. The molecule has 0 heterocycles. The Labute approximate surface area is 230 Å². The number of phenols is 1. The third kappa shape index (κ3) is 44.6. The fraction of sp³-hybridized carbons (Fsp3) is 0.769. The number of benzene rings is 1. The van der Waals surface area contributed by atoms with Gasteiger partial charge in [0.2, 0.25) is 0 Å². The highest BCUT2D eigenvalue weighted by Crippen LogP contribution is 2.19. The number of hydrogen-bond acceptors (Lipinski definition) is 9. The van der Waals surface area contributed by atoms with E-state index < -0.39 is 10.4 Å². The van der Waals surface area contributed by atoms with E-state index in [2.05, 4.69) is 6.92 Å². The lowest BCUT2D eigenvalue weighted by molar-refractivity contribution is 0.0976. The van der Waals surface area contributed by atoms with Crippen LogP contribution >= 0.6 is 0 Å². The molecule has 12 heteroatoms. The van der Waals surface area contributed by atoms with E-state index in [0.717, 1.165) is 12.0 Å². The van der Waals surface area contributed by atoms with Crippen molar-refractivity contribution in [2.45, 2.75) is 77.6 Å². The third-order valence-electron chi connectivity index (χ3n) is 4.79. The zero-order valence-electron chi connectivity index (χ0n) is 23.2. The van der Waals surface area contributed by atoms with E-state index in [1.165, 1.54) is 64.2 Å². The molecule has 0 aliphatic heterocycles. The number of unbranched alkanes of at least 4 members (excludes halogenated alkanes) is 9. The summed E-state index contributed by atoms with van der Waals surface area (Å²) in [4.78, 5) is 0. The Kier molecular flexibility index (Phi) is 36.5. The second-order valence-electron chi connectivity index (χ2n) is 8.26. The summed E-state index contributed by atoms with van der Waals surface area (Å²) in [6, 6.07) is 7.71. The van der Waals surface area contributed by atoms with E-state index in [-0.39, 0.29) is 13.2 Å².